The lowest BCUT2D eigenvalue weighted by atomic mass is 10.1. The van der Waals surface area contributed by atoms with E-state index in [0.717, 1.165) is 11.0 Å². The quantitative estimate of drug-likeness (QED) is 0.568. The lowest BCUT2D eigenvalue weighted by molar-refractivity contribution is 0.616. The zero-order valence-electron chi connectivity index (χ0n) is 8.86. The molecule has 0 fully saturated rings. The van der Waals surface area contributed by atoms with Crippen molar-refractivity contribution in [3.05, 3.63) is 48.7 Å². The maximum atomic E-state index is 5.12. The first-order valence-electron chi connectivity index (χ1n) is 5.54. The Bertz CT molecular complexity index is 387. The van der Waals surface area contributed by atoms with E-state index in [1.165, 1.54) is 25.7 Å². The first-order chi connectivity index (χ1) is 7.47. The summed E-state index contributed by atoms with van der Waals surface area (Å²) in [7, 11) is 0. The zero-order chi connectivity index (χ0) is 10.3. The number of fused-ring (bicyclic) bond motifs is 1. The Kier molecular flexibility index (Phi) is 3.61. The largest absolute Gasteiger partial charge is 0.464 e. The molecule has 0 saturated carbocycles. The van der Waals surface area contributed by atoms with Crippen LogP contribution in [-0.2, 0) is 0 Å². The lowest BCUT2D eigenvalue weighted by Gasteiger charge is -1.97. The van der Waals surface area contributed by atoms with Gasteiger partial charge in [-0.05, 0) is 37.8 Å². The fourth-order valence-corrected chi connectivity index (χ4v) is 1.67. The third kappa shape index (κ3) is 2.98. The Morgan fingerprint density at radius 2 is 1.60 bits per heavy atom. The molecule has 78 valence electrons. The fraction of sp³-hybridized carbons (Fsp3) is 0.286. The summed E-state index contributed by atoms with van der Waals surface area (Å²) >= 11 is 0. The molecule has 0 radical (unpaired) electrons. The van der Waals surface area contributed by atoms with Crippen molar-refractivity contribution in [2.24, 2.45) is 0 Å². The lowest BCUT2D eigenvalue weighted by Crippen LogP contribution is -1.77. The number of rotatable bonds is 0. The maximum Gasteiger partial charge on any atom is 0.133 e. The predicted octanol–water partition coefficient (Wildman–Crippen LogP) is 4.55. The van der Waals surface area contributed by atoms with Crippen molar-refractivity contribution >= 4 is 11.0 Å². The molecule has 1 aromatic heterocycles. The maximum absolute atomic E-state index is 5.12. The summed E-state index contributed by atoms with van der Waals surface area (Å²) in [6, 6.07) is 9.90. The van der Waals surface area contributed by atoms with Crippen molar-refractivity contribution in [2.45, 2.75) is 25.7 Å². The van der Waals surface area contributed by atoms with Crippen LogP contribution in [-0.4, -0.2) is 0 Å². The van der Waals surface area contributed by atoms with E-state index >= 15 is 0 Å². The van der Waals surface area contributed by atoms with Crippen LogP contribution in [0.15, 0.2) is 53.2 Å². The van der Waals surface area contributed by atoms with E-state index in [2.05, 4.69) is 12.2 Å². The van der Waals surface area contributed by atoms with Crippen molar-refractivity contribution in [3.8, 4) is 0 Å². The second kappa shape index (κ2) is 5.40. The molecule has 15 heavy (non-hydrogen) atoms. The molecule has 0 amide bonds. The van der Waals surface area contributed by atoms with Gasteiger partial charge in [0.15, 0.2) is 0 Å². The molecule has 0 aliphatic heterocycles. The minimum Gasteiger partial charge on any atom is -0.464 e. The molecule has 0 spiro atoms. The fourth-order valence-electron chi connectivity index (χ4n) is 1.67. The smallest absolute Gasteiger partial charge is 0.133 e. The number of furan rings is 1. The standard InChI is InChI=1S/C8H6O.C6H10/c1-2-4-8-7(3-1)5-6-9-8;1-2-4-6-5-3-1/h1-6H;1-2H,3-6H2. The van der Waals surface area contributed by atoms with Gasteiger partial charge < -0.3 is 4.42 Å². The van der Waals surface area contributed by atoms with Gasteiger partial charge in [0.05, 0.1) is 6.26 Å². The first kappa shape index (κ1) is 10.0. The van der Waals surface area contributed by atoms with Gasteiger partial charge in [-0.25, -0.2) is 0 Å². The highest BCUT2D eigenvalue weighted by atomic mass is 16.3. The van der Waals surface area contributed by atoms with E-state index in [9.17, 15) is 0 Å². The van der Waals surface area contributed by atoms with Crippen LogP contribution in [0.5, 0.6) is 0 Å². The molecule has 1 heterocycles. The van der Waals surface area contributed by atoms with Gasteiger partial charge >= 0.3 is 0 Å². The Balaban J connectivity index is 0.000000124. The van der Waals surface area contributed by atoms with E-state index in [4.69, 9.17) is 4.42 Å². The Morgan fingerprint density at radius 3 is 2.20 bits per heavy atom. The highest BCUT2D eigenvalue weighted by Crippen LogP contribution is 2.12. The van der Waals surface area contributed by atoms with Crippen molar-refractivity contribution in [1.29, 1.82) is 0 Å². The summed E-state index contributed by atoms with van der Waals surface area (Å²) in [4.78, 5) is 0. The van der Waals surface area contributed by atoms with Gasteiger partial charge in [0, 0.05) is 5.39 Å². The van der Waals surface area contributed by atoms with Gasteiger partial charge in [-0.2, -0.15) is 0 Å². The summed E-state index contributed by atoms with van der Waals surface area (Å²) in [5, 5.41) is 1.16. The van der Waals surface area contributed by atoms with Gasteiger partial charge in [0.25, 0.3) is 0 Å². The Morgan fingerprint density at radius 1 is 0.867 bits per heavy atom. The van der Waals surface area contributed by atoms with Crippen molar-refractivity contribution in [1.82, 2.24) is 0 Å². The third-order valence-corrected chi connectivity index (χ3v) is 2.52. The molecule has 1 aliphatic rings. The molecule has 2 aromatic rings. The van der Waals surface area contributed by atoms with Gasteiger partial charge in [0.1, 0.15) is 5.58 Å². The van der Waals surface area contributed by atoms with Crippen molar-refractivity contribution in [3.63, 3.8) is 0 Å². The first-order valence-corrected chi connectivity index (χ1v) is 5.54. The molecule has 3 rings (SSSR count). The summed E-state index contributed by atoms with van der Waals surface area (Å²) in [5.41, 5.74) is 0.956. The minimum absolute atomic E-state index is 0.956. The summed E-state index contributed by atoms with van der Waals surface area (Å²) in [6.07, 6.45) is 11.7. The van der Waals surface area contributed by atoms with Crippen molar-refractivity contribution < 1.29 is 4.42 Å². The Hall–Kier alpha value is -1.50. The van der Waals surface area contributed by atoms with E-state index in [1.54, 1.807) is 6.26 Å². The number of para-hydroxylation sites is 1. The summed E-state index contributed by atoms with van der Waals surface area (Å²) in [6.45, 7) is 0. The van der Waals surface area contributed by atoms with Gasteiger partial charge in [-0.15, -0.1) is 0 Å². The summed E-state index contributed by atoms with van der Waals surface area (Å²) in [5.74, 6) is 0. The highest BCUT2D eigenvalue weighted by molar-refractivity contribution is 5.76. The van der Waals surface area contributed by atoms with E-state index < -0.39 is 0 Å². The van der Waals surface area contributed by atoms with Crippen LogP contribution in [0, 0.1) is 0 Å². The Labute approximate surface area is 90.4 Å². The summed E-state index contributed by atoms with van der Waals surface area (Å²) < 4.78 is 5.12. The molecule has 0 unspecified atom stereocenters. The normalized spacial score (nSPS) is 14.7. The molecule has 0 bridgehead atoms. The number of allylic oxidation sites excluding steroid dienone is 2. The molecule has 1 heteroatoms. The van der Waals surface area contributed by atoms with E-state index in [-0.39, 0.29) is 0 Å². The monoisotopic (exact) mass is 200 g/mol. The SMILES string of the molecule is C1=CCCCC1.c1ccc2occc2c1. The number of hydrogen-bond acceptors (Lipinski definition) is 1. The molecular formula is C14H16O. The van der Waals surface area contributed by atoms with E-state index in [0.29, 0.717) is 0 Å². The van der Waals surface area contributed by atoms with E-state index in [1.807, 2.05) is 30.3 Å². The number of benzene rings is 1. The van der Waals surface area contributed by atoms with Crippen LogP contribution < -0.4 is 0 Å². The second-order valence-corrected chi connectivity index (χ2v) is 3.71. The van der Waals surface area contributed by atoms with Crippen LogP contribution in [0.25, 0.3) is 11.0 Å². The number of hydrogen-bond donors (Lipinski definition) is 0. The molecule has 0 N–H and O–H groups in total. The molecule has 1 aromatic carbocycles. The van der Waals surface area contributed by atoms with Crippen molar-refractivity contribution in [2.75, 3.05) is 0 Å². The predicted molar refractivity (Wildman–Crippen MR) is 63.8 cm³/mol. The topological polar surface area (TPSA) is 13.1 Å². The van der Waals surface area contributed by atoms with Crippen LogP contribution in [0.3, 0.4) is 0 Å². The van der Waals surface area contributed by atoms with Crippen LogP contribution >= 0.6 is 0 Å². The molecular weight excluding hydrogens is 184 g/mol. The van der Waals surface area contributed by atoms with Crippen LogP contribution in [0.1, 0.15) is 25.7 Å². The molecule has 1 nitrogen and oxygen atoms in total. The third-order valence-electron chi connectivity index (χ3n) is 2.52. The van der Waals surface area contributed by atoms with Gasteiger partial charge in [0.2, 0.25) is 0 Å². The zero-order valence-corrected chi connectivity index (χ0v) is 8.86. The average Bonchev–Trinajstić information content (AvgIpc) is 2.80. The minimum atomic E-state index is 0.956. The highest BCUT2D eigenvalue weighted by Gasteiger charge is 1.89. The van der Waals surface area contributed by atoms with Gasteiger partial charge in [-0.1, -0.05) is 30.4 Å². The van der Waals surface area contributed by atoms with Gasteiger partial charge in [-0.3, -0.25) is 0 Å². The van der Waals surface area contributed by atoms with Crippen LogP contribution in [0.2, 0.25) is 0 Å². The molecule has 0 saturated heterocycles. The molecule has 0 atom stereocenters. The molecule has 1 aliphatic carbocycles. The average molecular weight is 200 g/mol. The van der Waals surface area contributed by atoms with Crippen LogP contribution in [0.4, 0.5) is 0 Å². The second-order valence-electron chi connectivity index (χ2n) is 3.71.